The Hall–Kier alpha value is -1.40. The molecule has 1 aliphatic carbocycles. The van der Waals surface area contributed by atoms with Crippen molar-refractivity contribution in [3.05, 3.63) is 51.8 Å². The first-order valence-corrected chi connectivity index (χ1v) is 11.9. The highest BCUT2D eigenvalue weighted by molar-refractivity contribution is 6.32. The zero-order chi connectivity index (χ0) is 22.1. The first-order valence-electron chi connectivity index (χ1n) is 11.1. The molecular weight excluding hydrogens is 433 g/mol. The van der Waals surface area contributed by atoms with E-state index < -0.39 is 0 Å². The quantitative estimate of drug-likeness (QED) is 0.484. The molecule has 1 aromatic rings. The Morgan fingerprint density at radius 1 is 1.26 bits per heavy atom. The number of pyridine rings is 1. The number of likely N-dealkylation sites (tertiary alicyclic amines) is 2. The van der Waals surface area contributed by atoms with E-state index in [-0.39, 0.29) is 23.3 Å². The smallest absolute Gasteiger partial charge is 0.308 e. The van der Waals surface area contributed by atoms with Crippen LogP contribution in [0.25, 0.3) is 0 Å². The fraction of sp³-hybridized carbons (Fsp3) is 0.583. The molecule has 2 aliphatic heterocycles. The molecule has 3 heterocycles. The van der Waals surface area contributed by atoms with Gasteiger partial charge in [0.1, 0.15) is 0 Å². The zero-order valence-electron chi connectivity index (χ0n) is 18.5. The molecule has 2 atom stereocenters. The third-order valence-corrected chi connectivity index (χ3v) is 7.67. The van der Waals surface area contributed by atoms with Crippen molar-refractivity contribution in [2.45, 2.75) is 50.6 Å². The summed E-state index contributed by atoms with van der Waals surface area (Å²) >= 11 is 12.9. The number of aryl methyl sites for hydroxylation is 2. The summed E-state index contributed by atoms with van der Waals surface area (Å²) in [5.41, 5.74) is 4.87. The van der Waals surface area contributed by atoms with E-state index in [0.717, 1.165) is 62.0 Å². The second-order valence-electron chi connectivity index (χ2n) is 8.98. The number of hydrogen-bond donors (Lipinski definition) is 0. The van der Waals surface area contributed by atoms with Crippen molar-refractivity contribution >= 4 is 29.2 Å². The Bertz CT molecular complexity index is 864. The lowest BCUT2D eigenvalue weighted by Gasteiger charge is -2.45. The average molecular weight is 464 g/mol. The highest BCUT2D eigenvalue weighted by Crippen LogP contribution is 2.36. The zero-order valence-corrected chi connectivity index (χ0v) is 20.0. The number of aromatic nitrogens is 1. The predicted molar refractivity (Wildman–Crippen MR) is 125 cm³/mol. The van der Waals surface area contributed by atoms with Gasteiger partial charge in [0.05, 0.1) is 24.4 Å². The molecule has 0 amide bonds. The number of allylic oxidation sites excluding steroid dienone is 2. The van der Waals surface area contributed by atoms with E-state index in [2.05, 4.69) is 29.7 Å². The number of hydrogen-bond acceptors (Lipinski definition) is 5. The lowest BCUT2D eigenvalue weighted by atomic mass is 9.90. The van der Waals surface area contributed by atoms with E-state index >= 15 is 0 Å². The van der Waals surface area contributed by atoms with Crippen molar-refractivity contribution < 1.29 is 9.53 Å². The van der Waals surface area contributed by atoms with Gasteiger partial charge < -0.3 is 4.74 Å². The normalized spacial score (nSPS) is 25.9. The van der Waals surface area contributed by atoms with Crippen LogP contribution in [0, 0.1) is 19.8 Å². The summed E-state index contributed by atoms with van der Waals surface area (Å²) in [6, 6.07) is 2.32. The number of nitrogens with zero attached hydrogens (tertiary/aromatic N) is 3. The molecule has 7 heteroatoms. The lowest BCUT2D eigenvalue weighted by molar-refractivity contribution is -0.147. The Morgan fingerprint density at radius 3 is 2.58 bits per heavy atom. The van der Waals surface area contributed by atoms with Crippen LogP contribution < -0.4 is 0 Å². The van der Waals surface area contributed by atoms with Crippen molar-refractivity contribution in [2.24, 2.45) is 5.92 Å². The summed E-state index contributed by atoms with van der Waals surface area (Å²) < 4.78 is 4.90. The maximum atomic E-state index is 11.8. The minimum Gasteiger partial charge on any atom is -0.469 e. The Morgan fingerprint density at radius 2 is 1.97 bits per heavy atom. The number of carbonyl (C=O) groups excluding carboxylic acids is 1. The van der Waals surface area contributed by atoms with Crippen molar-refractivity contribution in [2.75, 3.05) is 33.3 Å². The van der Waals surface area contributed by atoms with Crippen LogP contribution in [-0.4, -0.2) is 65.5 Å². The minimum absolute atomic E-state index is 0.0427. The Labute approximate surface area is 195 Å². The maximum Gasteiger partial charge on any atom is 0.308 e. The fourth-order valence-electron chi connectivity index (χ4n) is 4.97. The molecule has 0 bridgehead atoms. The largest absolute Gasteiger partial charge is 0.469 e. The molecule has 168 valence electrons. The number of ether oxygens (including phenoxy) is 1. The molecule has 0 saturated carbocycles. The highest BCUT2D eigenvalue weighted by Gasteiger charge is 2.39. The Kier molecular flexibility index (Phi) is 7.07. The number of esters is 1. The van der Waals surface area contributed by atoms with E-state index in [9.17, 15) is 4.79 Å². The number of alkyl halides is 1. The van der Waals surface area contributed by atoms with Crippen LogP contribution in [0.1, 0.15) is 41.3 Å². The summed E-state index contributed by atoms with van der Waals surface area (Å²) in [4.78, 5) is 21.5. The molecule has 1 aromatic heterocycles. The van der Waals surface area contributed by atoms with Crippen LogP contribution >= 0.6 is 23.2 Å². The number of halogens is 2. The molecule has 2 fully saturated rings. The molecule has 4 rings (SSSR count). The molecule has 2 saturated heterocycles. The molecule has 5 nitrogen and oxygen atoms in total. The average Bonchev–Trinajstić information content (AvgIpc) is 2.71. The minimum atomic E-state index is -0.0828. The monoisotopic (exact) mass is 463 g/mol. The van der Waals surface area contributed by atoms with E-state index in [1.54, 1.807) is 0 Å². The van der Waals surface area contributed by atoms with Gasteiger partial charge in [-0.15, -0.1) is 11.6 Å². The predicted octanol–water partition coefficient (Wildman–Crippen LogP) is 4.15. The highest BCUT2D eigenvalue weighted by atomic mass is 35.5. The molecule has 3 aliphatic rings. The van der Waals surface area contributed by atoms with Crippen LogP contribution in [0.3, 0.4) is 0 Å². The Balaban J connectivity index is 1.36. The van der Waals surface area contributed by atoms with Crippen molar-refractivity contribution in [1.29, 1.82) is 0 Å². The van der Waals surface area contributed by atoms with E-state index in [0.29, 0.717) is 5.92 Å². The van der Waals surface area contributed by atoms with Crippen molar-refractivity contribution in [1.82, 2.24) is 14.8 Å². The third-order valence-electron chi connectivity index (χ3n) is 6.93. The van der Waals surface area contributed by atoms with E-state index in [1.807, 2.05) is 18.2 Å². The van der Waals surface area contributed by atoms with Gasteiger partial charge in [0, 0.05) is 42.0 Å². The van der Waals surface area contributed by atoms with Gasteiger partial charge in [-0.25, -0.2) is 0 Å². The molecule has 0 aromatic carbocycles. The standard InChI is InChI=1S/C24H31Cl2N3O2/c1-15-11-22(18-12-29(13-18)23-20(25)5-4-6-21(23)26)27-16(2)19(15)14-28-9-7-17(8-10-28)24(30)31-3/h4-6,11,17-18,20,23H,7-10,12-14H2,1-3H3. The van der Waals surface area contributed by atoms with E-state index in [4.69, 9.17) is 32.9 Å². The second-order valence-corrected chi connectivity index (χ2v) is 9.92. The fourth-order valence-corrected chi connectivity index (χ4v) is 5.76. The molecule has 2 unspecified atom stereocenters. The van der Waals surface area contributed by atoms with Crippen LogP contribution in [0.5, 0.6) is 0 Å². The molecule has 0 spiro atoms. The van der Waals surface area contributed by atoms with Crippen LogP contribution in [-0.2, 0) is 16.1 Å². The summed E-state index contributed by atoms with van der Waals surface area (Å²) in [6.45, 7) is 8.88. The number of methoxy groups -OCH3 is 1. The molecule has 0 N–H and O–H groups in total. The lowest BCUT2D eigenvalue weighted by Crippen LogP contribution is -2.54. The van der Waals surface area contributed by atoms with Gasteiger partial charge in [-0.1, -0.05) is 23.8 Å². The van der Waals surface area contributed by atoms with Gasteiger partial charge in [-0.3, -0.25) is 19.6 Å². The number of piperidine rings is 1. The van der Waals surface area contributed by atoms with Gasteiger partial charge in [-0.2, -0.15) is 0 Å². The van der Waals surface area contributed by atoms with Crippen LogP contribution in [0.15, 0.2) is 29.3 Å². The topological polar surface area (TPSA) is 45.7 Å². The van der Waals surface area contributed by atoms with E-state index in [1.165, 1.54) is 18.2 Å². The maximum absolute atomic E-state index is 11.8. The van der Waals surface area contributed by atoms with Crippen LogP contribution in [0.2, 0.25) is 0 Å². The molecule has 0 radical (unpaired) electrons. The van der Waals surface area contributed by atoms with Gasteiger partial charge in [0.2, 0.25) is 0 Å². The van der Waals surface area contributed by atoms with Crippen molar-refractivity contribution in [3.8, 4) is 0 Å². The van der Waals surface area contributed by atoms with Crippen molar-refractivity contribution in [3.63, 3.8) is 0 Å². The van der Waals surface area contributed by atoms with Gasteiger partial charge in [0.15, 0.2) is 0 Å². The third kappa shape index (κ3) is 4.85. The summed E-state index contributed by atoms with van der Waals surface area (Å²) in [5, 5.41) is 0.730. The van der Waals surface area contributed by atoms with Gasteiger partial charge in [-0.05, 0) is 63.0 Å². The SMILES string of the molecule is COC(=O)C1CCN(Cc2c(C)cc(C3CN(C4C(Cl)=CC=CC4Cl)C3)nc2C)CC1. The summed E-state index contributed by atoms with van der Waals surface area (Å²) in [6.07, 6.45) is 7.60. The van der Waals surface area contributed by atoms with Gasteiger partial charge in [0.25, 0.3) is 0 Å². The second kappa shape index (κ2) is 9.62. The van der Waals surface area contributed by atoms with Crippen LogP contribution in [0.4, 0.5) is 0 Å². The molecule has 31 heavy (non-hydrogen) atoms. The summed E-state index contributed by atoms with van der Waals surface area (Å²) in [5.74, 6) is 0.386. The van der Waals surface area contributed by atoms with Gasteiger partial charge >= 0.3 is 5.97 Å². The first-order chi connectivity index (χ1) is 14.9. The summed E-state index contributed by atoms with van der Waals surface area (Å²) in [7, 11) is 1.47. The number of carbonyl (C=O) groups is 1. The number of rotatable bonds is 5. The molecular formula is C24H31Cl2N3O2. The first kappa shape index (κ1) is 22.8.